The fourth-order valence-corrected chi connectivity index (χ4v) is 4.74. The van der Waals surface area contributed by atoms with Crippen molar-refractivity contribution < 1.29 is 14.4 Å². The highest BCUT2D eigenvalue weighted by molar-refractivity contribution is 8.18. The molecule has 3 heterocycles. The molecule has 7 heteroatoms. The lowest BCUT2D eigenvalue weighted by Gasteiger charge is -2.16. The average molecular weight is 399 g/mol. The molecule has 138 valence electrons. The van der Waals surface area contributed by atoms with Crippen molar-refractivity contribution in [3.8, 4) is 0 Å². The topological polar surface area (TPSA) is 57.7 Å². The van der Waals surface area contributed by atoms with Gasteiger partial charge in [-0.15, -0.1) is 11.3 Å². The van der Waals surface area contributed by atoms with E-state index in [1.165, 1.54) is 16.2 Å². The number of benzene rings is 1. The third-order valence-corrected chi connectivity index (χ3v) is 6.35. The molecule has 0 radical (unpaired) electrons. The zero-order chi connectivity index (χ0) is 18.8. The SMILES string of the molecule is O=C(c1ccc(CN2C(=O)S/C(=C\c3cccs3)C2=O)cc1)N1CCCC1. The minimum atomic E-state index is -0.268. The van der Waals surface area contributed by atoms with Crippen LogP contribution in [0.3, 0.4) is 0 Å². The Bertz CT molecular complexity index is 898. The fraction of sp³-hybridized carbons (Fsp3) is 0.250. The van der Waals surface area contributed by atoms with E-state index in [2.05, 4.69) is 0 Å². The van der Waals surface area contributed by atoms with Crippen LogP contribution >= 0.6 is 23.1 Å². The molecule has 0 atom stereocenters. The van der Waals surface area contributed by atoms with Gasteiger partial charge in [-0.05, 0) is 59.8 Å². The van der Waals surface area contributed by atoms with Crippen LogP contribution in [0.2, 0.25) is 0 Å². The number of carbonyl (C=O) groups excluding carboxylic acids is 3. The summed E-state index contributed by atoms with van der Waals surface area (Å²) in [7, 11) is 0. The summed E-state index contributed by atoms with van der Waals surface area (Å²) in [6.07, 6.45) is 3.87. The van der Waals surface area contributed by atoms with Crippen LogP contribution in [0.15, 0.2) is 46.7 Å². The number of thiophene rings is 1. The Labute approximate surface area is 165 Å². The van der Waals surface area contributed by atoms with Gasteiger partial charge in [0.15, 0.2) is 0 Å². The monoisotopic (exact) mass is 398 g/mol. The largest absolute Gasteiger partial charge is 0.339 e. The van der Waals surface area contributed by atoms with Crippen LogP contribution in [-0.4, -0.2) is 39.9 Å². The van der Waals surface area contributed by atoms with Crippen molar-refractivity contribution in [2.75, 3.05) is 13.1 Å². The predicted octanol–water partition coefficient (Wildman–Crippen LogP) is 4.22. The molecular formula is C20H18N2O3S2. The first kappa shape index (κ1) is 18.0. The Morgan fingerprint density at radius 2 is 1.81 bits per heavy atom. The summed E-state index contributed by atoms with van der Waals surface area (Å²) in [4.78, 5) is 41.7. The molecule has 1 aromatic heterocycles. The van der Waals surface area contributed by atoms with Crippen molar-refractivity contribution >= 4 is 46.2 Å². The quantitative estimate of drug-likeness (QED) is 0.724. The van der Waals surface area contributed by atoms with Crippen LogP contribution in [0.25, 0.3) is 6.08 Å². The molecule has 2 aliphatic heterocycles. The number of amides is 3. The lowest BCUT2D eigenvalue weighted by Crippen LogP contribution is -2.28. The standard InChI is InChI=1S/C20H18N2O3S2/c23-18(21-9-1-2-10-21)15-7-5-14(6-8-15)13-22-19(24)17(27-20(22)25)12-16-4-3-11-26-16/h3-8,11-12H,1-2,9-10,13H2/b17-12-. The van der Waals surface area contributed by atoms with Gasteiger partial charge >= 0.3 is 0 Å². The molecule has 0 aliphatic carbocycles. The number of nitrogens with zero attached hydrogens (tertiary/aromatic N) is 2. The van der Waals surface area contributed by atoms with Gasteiger partial charge in [-0.1, -0.05) is 18.2 Å². The maximum Gasteiger partial charge on any atom is 0.293 e. The van der Waals surface area contributed by atoms with Gasteiger partial charge in [0.25, 0.3) is 17.1 Å². The molecule has 0 bridgehead atoms. The summed E-state index contributed by atoms with van der Waals surface area (Å²) in [5.41, 5.74) is 1.47. The van der Waals surface area contributed by atoms with Crippen LogP contribution in [-0.2, 0) is 11.3 Å². The molecule has 2 aromatic rings. The number of hydrogen-bond donors (Lipinski definition) is 0. The van der Waals surface area contributed by atoms with E-state index in [-0.39, 0.29) is 23.6 Å². The molecule has 1 aromatic carbocycles. The third kappa shape index (κ3) is 3.84. The van der Waals surface area contributed by atoms with Crippen molar-refractivity contribution in [3.63, 3.8) is 0 Å². The summed E-state index contributed by atoms with van der Waals surface area (Å²) in [6, 6.07) is 11.0. The van der Waals surface area contributed by atoms with Gasteiger partial charge in [0.2, 0.25) is 0 Å². The van der Waals surface area contributed by atoms with Crippen LogP contribution in [0.4, 0.5) is 4.79 Å². The first-order valence-corrected chi connectivity index (χ1v) is 10.5. The molecule has 2 fully saturated rings. The molecule has 2 aliphatic rings. The molecule has 3 amide bonds. The van der Waals surface area contributed by atoms with Crippen LogP contribution < -0.4 is 0 Å². The van der Waals surface area contributed by atoms with E-state index in [4.69, 9.17) is 0 Å². The number of hydrogen-bond acceptors (Lipinski definition) is 5. The van der Waals surface area contributed by atoms with Crippen molar-refractivity contribution in [2.24, 2.45) is 0 Å². The molecule has 4 rings (SSSR count). The highest BCUT2D eigenvalue weighted by Crippen LogP contribution is 2.34. The van der Waals surface area contributed by atoms with E-state index < -0.39 is 0 Å². The first-order valence-electron chi connectivity index (χ1n) is 8.79. The van der Waals surface area contributed by atoms with E-state index in [1.54, 1.807) is 18.2 Å². The van der Waals surface area contributed by atoms with E-state index >= 15 is 0 Å². The number of imide groups is 1. The number of rotatable bonds is 4. The molecule has 27 heavy (non-hydrogen) atoms. The van der Waals surface area contributed by atoms with Gasteiger partial charge in [0.1, 0.15) is 0 Å². The van der Waals surface area contributed by atoms with E-state index in [0.717, 1.165) is 48.1 Å². The summed E-state index contributed by atoms with van der Waals surface area (Å²) in [6.45, 7) is 1.84. The second-order valence-corrected chi connectivity index (χ2v) is 8.45. The Morgan fingerprint density at radius 1 is 1.07 bits per heavy atom. The lowest BCUT2D eigenvalue weighted by molar-refractivity contribution is -0.123. The average Bonchev–Trinajstić information content (AvgIpc) is 3.42. The Balaban J connectivity index is 1.45. The molecule has 0 N–H and O–H groups in total. The molecular weight excluding hydrogens is 380 g/mol. The van der Waals surface area contributed by atoms with Crippen LogP contribution in [0.1, 0.15) is 33.6 Å². The Kier molecular flexibility index (Phi) is 5.13. The second kappa shape index (κ2) is 7.70. The highest BCUT2D eigenvalue weighted by atomic mass is 32.2. The normalized spacial score (nSPS) is 18.7. The number of carbonyl (C=O) groups is 3. The second-order valence-electron chi connectivity index (χ2n) is 6.48. The van der Waals surface area contributed by atoms with Gasteiger partial charge in [-0.3, -0.25) is 19.3 Å². The van der Waals surface area contributed by atoms with Gasteiger partial charge in [0.05, 0.1) is 11.4 Å². The zero-order valence-corrected chi connectivity index (χ0v) is 16.2. The van der Waals surface area contributed by atoms with Crippen LogP contribution in [0, 0.1) is 0 Å². The van der Waals surface area contributed by atoms with Crippen molar-refractivity contribution in [3.05, 3.63) is 62.7 Å². The third-order valence-electron chi connectivity index (χ3n) is 4.62. The van der Waals surface area contributed by atoms with Crippen LogP contribution in [0.5, 0.6) is 0 Å². The summed E-state index contributed by atoms with van der Waals surface area (Å²) >= 11 is 2.49. The molecule has 0 unspecified atom stereocenters. The summed E-state index contributed by atoms with van der Waals surface area (Å²) < 4.78 is 0. The Hall–Kier alpha value is -2.38. The van der Waals surface area contributed by atoms with Gasteiger partial charge in [-0.2, -0.15) is 0 Å². The molecule has 0 spiro atoms. The predicted molar refractivity (Wildman–Crippen MR) is 107 cm³/mol. The number of thioether (sulfide) groups is 1. The zero-order valence-electron chi connectivity index (χ0n) is 14.6. The van der Waals surface area contributed by atoms with Gasteiger partial charge in [0, 0.05) is 23.5 Å². The smallest absolute Gasteiger partial charge is 0.293 e. The molecule has 5 nitrogen and oxygen atoms in total. The van der Waals surface area contributed by atoms with Gasteiger partial charge in [-0.25, -0.2) is 0 Å². The van der Waals surface area contributed by atoms with E-state index in [0.29, 0.717) is 10.5 Å². The Morgan fingerprint density at radius 3 is 2.48 bits per heavy atom. The van der Waals surface area contributed by atoms with Crippen molar-refractivity contribution in [1.82, 2.24) is 9.80 Å². The summed E-state index contributed by atoms with van der Waals surface area (Å²) in [5, 5.41) is 1.67. The maximum absolute atomic E-state index is 12.6. The first-order chi connectivity index (χ1) is 13.1. The van der Waals surface area contributed by atoms with E-state index in [1.807, 2.05) is 34.5 Å². The molecule has 0 saturated carbocycles. The summed E-state index contributed by atoms with van der Waals surface area (Å²) in [5.74, 6) is -0.222. The van der Waals surface area contributed by atoms with Gasteiger partial charge < -0.3 is 4.90 Å². The fourth-order valence-electron chi connectivity index (χ4n) is 3.18. The minimum Gasteiger partial charge on any atom is -0.339 e. The minimum absolute atomic E-state index is 0.0455. The lowest BCUT2D eigenvalue weighted by atomic mass is 10.1. The number of likely N-dealkylation sites (tertiary alicyclic amines) is 1. The van der Waals surface area contributed by atoms with Crippen molar-refractivity contribution in [1.29, 1.82) is 0 Å². The molecule has 2 saturated heterocycles. The maximum atomic E-state index is 12.6. The van der Waals surface area contributed by atoms with Crippen molar-refractivity contribution in [2.45, 2.75) is 19.4 Å². The van der Waals surface area contributed by atoms with E-state index in [9.17, 15) is 14.4 Å². The highest BCUT2D eigenvalue weighted by Gasteiger charge is 2.35.